The second-order valence-electron chi connectivity index (χ2n) is 8.07. The van der Waals surface area contributed by atoms with E-state index in [-0.39, 0.29) is 11.7 Å². The topological polar surface area (TPSA) is 90.6 Å². The summed E-state index contributed by atoms with van der Waals surface area (Å²) in [5, 5.41) is 7.85. The minimum absolute atomic E-state index is 0.0328. The van der Waals surface area contributed by atoms with Gasteiger partial charge in [-0.2, -0.15) is 5.10 Å². The number of H-pyrrole nitrogens is 2. The molecule has 7 heteroatoms. The second-order valence-corrected chi connectivity index (χ2v) is 8.07. The van der Waals surface area contributed by atoms with Gasteiger partial charge in [0.05, 0.1) is 5.39 Å². The fourth-order valence-electron chi connectivity index (χ4n) is 4.49. The highest BCUT2D eigenvalue weighted by molar-refractivity contribution is 5.96. The van der Waals surface area contributed by atoms with E-state index in [4.69, 9.17) is 0 Å². The maximum atomic E-state index is 12.9. The first kappa shape index (κ1) is 16.5. The zero-order valence-corrected chi connectivity index (χ0v) is 15.3. The molecule has 27 heavy (non-hydrogen) atoms. The Kier molecular flexibility index (Phi) is 3.95. The van der Waals surface area contributed by atoms with Crippen molar-refractivity contribution in [3.63, 3.8) is 0 Å². The first-order chi connectivity index (χ1) is 13.2. The molecule has 1 atom stereocenters. The summed E-state index contributed by atoms with van der Waals surface area (Å²) >= 11 is 0. The van der Waals surface area contributed by atoms with Crippen molar-refractivity contribution in [1.82, 2.24) is 25.1 Å². The number of anilines is 1. The molecule has 1 aliphatic heterocycles. The fourth-order valence-corrected chi connectivity index (χ4v) is 4.49. The van der Waals surface area contributed by atoms with Crippen LogP contribution in [0.25, 0.3) is 11.0 Å². The van der Waals surface area contributed by atoms with E-state index in [1.807, 2.05) is 12.3 Å². The van der Waals surface area contributed by atoms with E-state index in [2.05, 4.69) is 30.0 Å². The van der Waals surface area contributed by atoms with Crippen molar-refractivity contribution in [2.45, 2.75) is 38.5 Å². The number of hydrogen-bond donors (Lipinski definition) is 2. The van der Waals surface area contributed by atoms with Crippen LogP contribution in [0.5, 0.6) is 0 Å². The molecule has 140 valence electrons. The fraction of sp³-hybridized carbons (Fsp3) is 0.500. The number of hydrogen-bond acceptors (Lipinski definition) is 5. The number of rotatable bonds is 3. The summed E-state index contributed by atoms with van der Waals surface area (Å²) in [5.41, 5.74) is 1.90. The Morgan fingerprint density at radius 1 is 1.19 bits per heavy atom. The van der Waals surface area contributed by atoms with Gasteiger partial charge < -0.3 is 9.88 Å². The van der Waals surface area contributed by atoms with Crippen LogP contribution < -0.4 is 4.90 Å². The average Bonchev–Trinajstić information content (AvgIpc) is 3.09. The Morgan fingerprint density at radius 2 is 2.11 bits per heavy atom. The van der Waals surface area contributed by atoms with E-state index in [0.717, 1.165) is 49.2 Å². The number of ketones is 1. The second kappa shape index (κ2) is 6.48. The third-order valence-electron chi connectivity index (χ3n) is 6.26. The predicted molar refractivity (Wildman–Crippen MR) is 103 cm³/mol. The maximum Gasteiger partial charge on any atom is 0.183 e. The van der Waals surface area contributed by atoms with Gasteiger partial charge >= 0.3 is 0 Å². The van der Waals surface area contributed by atoms with Gasteiger partial charge in [-0.25, -0.2) is 9.97 Å². The molecule has 4 heterocycles. The highest BCUT2D eigenvalue weighted by atomic mass is 16.1. The van der Waals surface area contributed by atoms with Crippen LogP contribution in [0.4, 0.5) is 5.82 Å². The van der Waals surface area contributed by atoms with Gasteiger partial charge in [-0.3, -0.25) is 9.89 Å². The van der Waals surface area contributed by atoms with Gasteiger partial charge in [-0.15, -0.1) is 0 Å². The Morgan fingerprint density at radius 3 is 2.93 bits per heavy atom. The van der Waals surface area contributed by atoms with Crippen LogP contribution in [-0.4, -0.2) is 44.0 Å². The molecule has 0 aromatic carbocycles. The van der Waals surface area contributed by atoms with Gasteiger partial charge in [0.1, 0.15) is 23.5 Å². The van der Waals surface area contributed by atoms with Crippen molar-refractivity contribution >= 4 is 22.6 Å². The zero-order chi connectivity index (χ0) is 18.3. The summed E-state index contributed by atoms with van der Waals surface area (Å²) in [5.74, 6) is 1.21. The quantitative estimate of drug-likeness (QED) is 0.696. The number of carbonyl (C=O) groups is 1. The van der Waals surface area contributed by atoms with Crippen molar-refractivity contribution in [1.29, 1.82) is 0 Å². The molecular formula is C20H24N6O. The van der Waals surface area contributed by atoms with Crippen LogP contribution in [-0.2, 0) is 0 Å². The van der Waals surface area contributed by atoms with Crippen molar-refractivity contribution in [3.8, 4) is 0 Å². The van der Waals surface area contributed by atoms with Crippen LogP contribution in [0.2, 0.25) is 0 Å². The predicted octanol–water partition coefficient (Wildman–Crippen LogP) is 3.34. The Hall–Kier alpha value is -2.70. The minimum atomic E-state index is 0.0328. The lowest BCUT2D eigenvalue weighted by Crippen LogP contribution is -2.33. The normalized spacial score (nSPS) is 22.4. The summed E-state index contributed by atoms with van der Waals surface area (Å²) in [4.78, 5) is 27.4. The first-order valence-electron chi connectivity index (χ1n) is 9.81. The third-order valence-corrected chi connectivity index (χ3v) is 6.26. The maximum absolute atomic E-state index is 12.9. The summed E-state index contributed by atoms with van der Waals surface area (Å²) in [7, 11) is 0. The molecule has 1 unspecified atom stereocenters. The van der Waals surface area contributed by atoms with E-state index >= 15 is 0 Å². The largest absolute Gasteiger partial charge is 0.355 e. The average molecular weight is 364 g/mol. The van der Waals surface area contributed by atoms with Gasteiger partial charge in [-0.05, 0) is 49.7 Å². The molecule has 0 amide bonds. The molecule has 7 nitrogen and oxygen atoms in total. The van der Waals surface area contributed by atoms with Gasteiger partial charge in [0, 0.05) is 31.4 Å². The molecular weight excluding hydrogens is 340 g/mol. The highest BCUT2D eigenvalue weighted by Gasteiger charge is 2.44. The molecule has 2 aliphatic rings. The van der Waals surface area contributed by atoms with Crippen LogP contribution in [0.1, 0.15) is 49.0 Å². The number of nitrogens with zero attached hydrogens (tertiary/aromatic N) is 4. The number of aromatic nitrogens is 5. The Labute approximate surface area is 157 Å². The van der Waals surface area contributed by atoms with E-state index in [9.17, 15) is 4.79 Å². The molecule has 1 aliphatic carbocycles. The van der Waals surface area contributed by atoms with E-state index < -0.39 is 0 Å². The summed E-state index contributed by atoms with van der Waals surface area (Å²) < 4.78 is 0. The number of fused-ring (bicyclic) bond motifs is 1. The van der Waals surface area contributed by atoms with Crippen LogP contribution in [0.3, 0.4) is 0 Å². The Balaban J connectivity index is 1.44. The number of aromatic amines is 2. The molecule has 1 saturated carbocycles. The van der Waals surface area contributed by atoms with Crippen LogP contribution in [0.15, 0.2) is 30.9 Å². The van der Waals surface area contributed by atoms with Gasteiger partial charge in [0.15, 0.2) is 5.78 Å². The van der Waals surface area contributed by atoms with Crippen LogP contribution >= 0.6 is 0 Å². The van der Waals surface area contributed by atoms with Crippen molar-refractivity contribution < 1.29 is 4.79 Å². The number of nitrogens with one attached hydrogen (secondary N) is 2. The smallest absolute Gasteiger partial charge is 0.183 e. The SMILES string of the molecule is O=C(c1ccn[nH]1)C1CCCC2(CC2)CN(c2ncnc3[nH]ccc23)CC1. The first-order valence-corrected chi connectivity index (χ1v) is 9.81. The molecule has 1 spiro atoms. The van der Waals surface area contributed by atoms with Crippen molar-refractivity contribution in [2.24, 2.45) is 11.3 Å². The lowest BCUT2D eigenvalue weighted by Gasteiger charge is -2.28. The summed E-state index contributed by atoms with van der Waals surface area (Å²) in [6.45, 7) is 1.86. The van der Waals surface area contributed by atoms with Gasteiger partial charge in [-0.1, -0.05) is 6.42 Å². The standard InChI is InChI=1S/C20H24N6O/c27-17(16-4-10-24-25-16)14-2-1-6-20(7-8-20)12-26(11-5-14)19-15-3-9-21-18(15)22-13-23-19/h3-4,9-10,13-14H,1-2,5-8,11-12H2,(H,24,25)(H,21,22,23). The molecule has 2 N–H and O–H groups in total. The van der Waals surface area contributed by atoms with Gasteiger partial charge in [0.25, 0.3) is 0 Å². The molecule has 0 bridgehead atoms. The number of Topliss-reactive ketones (excluding diaryl/α,β-unsaturated/α-hetero) is 1. The lowest BCUT2D eigenvalue weighted by atomic mass is 9.90. The van der Waals surface area contributed by atoms with Crippen LogP contribution in [0, 0.1) is 11.3 Å². The zero-order valence-electron chi connectivity index (χ0n) is 15.3. The molecule has 1 saturated heterocycles. The minimum Gasteiger partial charge on any atom is -0.355 e. The number of carbonyl (C=O) groups excluding carboxylic acids is 1. The summed E-state index contributed by atoms with van der Waals surface area (Å²) in [6.07, 6.45) is 11.9. The lowest BCUT2D eigenvalue weighted by molar-refractivity contribution is 0.0900. The Bertz CT molecular complexity index is 942. The monoisotopic (exact) mass is 364 g/mol. The van der Waals surface area contributed by atoms with Crippen molar-refractivity contribution in [3.05, 3.63) is 36.5 Å². The van der Waals surface area contributed by atoms with E-state index in [0.29, 0.717) is 11.1 Å². The molecule has 0 radical (unpaired) electrons. The molecule has 5 rings (SSSR count). The van der Waals surface area contributed by atoms with E-state index in [1.165, 1.54) is 19.3 Å². The molecule has 3 aromatic heterocycles. The molecule has 3 aromatic rings. The van der Waals surface area contributed by atoms with E-state index in [1.54, 1.807) is 18.6 Å². The van der Waals surface area contributed by atoms with Gasteiger partial charge in [0.2, 0.25) is 0 Å². The summed E-state index contributed by atoms with van der Waals surface area (Å²) in [6, 6.07) is 3.83. The third kappa shape index (κ3) is 3.11. The molecule has 2 fully saturated rings. The highest BCUT2D eigenvalue weighted by Crippen LogP contribution is 2.51. The van der Waals surface area contributed by atoms with Crippen molar-refractivity contribution in [2.75, 3.05) is 18.0 Å².